The summed E-state index contributed by atoms with van der Waals surface area (Å²) in [7, 11) is 1.27. The minimum absolute atomic E-state index is 0.215. The van der Waals surface area contributed by atoms with Crippen LogP contribution in [0.2, 0.25) is 0 Å². The van der Waals surface area contributed by atoms with Gasteiger partial charge in [-0.15, -0.1) is 0 Å². The zero-order valence-electron chi connectivity index (χ0n) is 14.5. The quantitative estimate of drug-likeness (QED) is 0.591. The van der Waals surface area contributed by atoms with Crippen molar-refractivity contribution in [2.24, 2.45) is 0 Å². The van der Waals surface area contributed by atoms with Crippen molar-refractivity contribution in [3.63, 3.8) is 0 Å². The second kappa shape index (κ2) is 7.46. The summed E-state index contributed by atoms with van der Waals surface area (Å²) in [6.07, 6.45) is 0. The number of halogens is 2. The fourth-order valence-corrected chi connectivity index (χ4v) is 2.87. The van der Waals surface area contributed by atoms with Gasteiger partial charge in [-0.25, -0.2) is 13.6 Å². The number of carbonyl (C=O) groups is 2. The average Bonchev–Trinajstić information content (AvgIpc) is 2.83. The summed E-state index contributed by atoms with van der Waals surface area (Å²) in [5.41, 5.74) is 1.73. The van der Waals surface area contributed by atoms with Gasteiger partial charge in [0.15, 0.2) is 18.2 Å². The van der Waals surface area contributed by atoms with Crippen molar-refractivity contribution in [1.29, 1.82) is 0 Å². The van der Waals surface area contributed by atoms with Crippen LogP contribution in [0.25, 0.3) is 0 Å². The van der Waals surface area contributed by atoms with E-state index >= 15 is 0 Å². The summed E-state index contributed by atoms with van der Waals surface area (Å²) < 4.78 is 38.1. The predicted octanol–water partition coefficient (Wildman–Crippen LogP) is 3.45. The summed E-state index contributed by atoms with van der Waals surface area (Å²) in [6.45, 7) is 5.26. The summed E-state index contributed by atoms with van der Waals surface area (Å²) in [6, 6.07) is 2.84. The Morgan fingerprint density at radius 2 is 1.88 bits per heavy atom. The molecule has 0 saturated carbocycles. The van der Waals surface area contributed by atoms with E-state index in [-0.39, 0.29) is 5.75 Å². The SMILES string of the molecule is CCn1c(C)c(C(=O)COc2ccc(F)cc2F)c(C)c1C(=O)OC. The fourth-order valence-electron chi connectivity index (χ4n) is 2.87. The van der Waals surface area contributed by atoms with E-state index in [0.717, 1.165) is 12.1 Å². The molecular formula is C18H19F2NO4. The maximum atomic E-state index is 13.6. The highest BCUT2D eigenvalue weighted by Crippen LogP contribution is 2.24. The first-order chi connectivity index (χ1) is 11.8. The molecule has 0 unspecified atom stereocenters. The minimum atomic E-state index is -0.886. The van der Waals surface area contributed by atoms with Crippen molar-refractivity contribution in [3.05, 3.63) is 52.3 Å². The molecule has 1 aromatic heterocycles. The molecule has 7 heteroatoms. The van der Waals surface area contributed by atoms with Crippen LogP contribution in [-0.4, -0.2) is 30.0 Å². The molecule has 0 amide bonds. The van der Waals surface area contributed by atoms with Crippen molar-refractivity contribution < 1.29 is 27.8 Å². The Morgan fingerprint density at radius 3 is 2.44 bits per heavy atom. The highest BCUT2D eigenvalue weighted by atomic mass is 19.1. The molecule has 0 fully saturated rings. The molecular weight excluding hydrogens is 332 g/mol. The van der Waals surface area contributed by atoms with Gasteiger partial charge in [-0.1, -0.05) is 0 Å². The first kappa shape index (κ1) is 18.6. The number of benzene rings is 1. The maximum absolute atomic E-state index is 13.6. The lowest BCUT2D eigenvalue weighted by Crippen LogP contribution is -2.14. The van der Waals surface area contributed by atoms with Crippen LogP contribution in [0.1, 0.15) is 39.0 Å². The Balaban J connectivity index is 2.30. The molecule has 0 aliphatic rings. The molecule has 0 spiro atoms. The lowest BCUT2D eigenvalue weighted by atomic mass is 10.1. The third kappa shape index (κ3) is 3.55. The van der Waals surface area contributed by atoms with Crippen LogP contribution in [0, 0.1) is 25.5 Å². The van der Waals surface area contributed by atoms with E-state index in [4.69, 9.17) is 9.47 Å². The van der Waals surface area contributed by atoms with Crippen molar-refractivity contribution in [2.75, 3.05) is 13.7 Å². The molecule has 0 atom stereocenters. The van der Waals surface area contributed by atoms with Gasteiger partial charge in [0, 0.05) is 23.9 Å². The van der Waals surface area contributed by atoms with E-state index in [2.05, 4.69) is 0 Å². The number of hydrogen-bond acceptors (Lipinski definition) is 4. The van der Waals surface area contributed by atoms with Gasteiger partial charge in [-0.2, -0.15) is 0 Å². The van der Waals surface area contributed by atoms with Crippen molar-refractivity contribution >= 4 is 11.8 Å². The molecule has 5 nitrogen and oxygen atoms in total. The number of rotatable bonds is 6. The molecule has 0 radical (unpaired) electrons. The zero-order valence-corrected chi connectivity index (χ0v) is 14.5. The third-order valence-electron chi connectivity index (χ3n) is 3.99. The van der Waals surface area contributed by atoms with Gasteiger partial charge in [0.25, 0.3) is 0 Å². The highest BCUT2D eigenvalue weighted by molar-refractivity contribution is 6.03. The fraction of sp³-hybridized carbons (Fsp3) is 0.333. The van der Waals surface area contributed by atoms with E-state index in [1.165, 1.54) is 7.11 Å². The lowest BCUT2D eigenvalue weighted by Gasteiger charge is -2.08. The number of carbonyl (C=O) groups excluding carboxylic acids is 2. The number of methoxy groups -OCH3 is 1. The van der Waals surface area contributed by atoms with Gasteiger partial charge >= 0.3 is 5.97 Å². The van der Waals surface area contributed by atoms with E-state index in [1.54, 1.807) is 18.4 Å². The molecule has 25 heavy (non-hydrogen) atoms. The van der Waals surface area contributed by atoms with Crippen LogP contribution < -0.4 is 4.74 Å². The molecule has 0 bridgehead atoms. The average molecular weight is 351 g/mol. The topological polar surface area (TPSA) is 57.5 Å². The summed E-state index contributed by atoms with van der Waals surface area (Å²) in [5, 5.41) is 0. The van der Waals surface area contributed by atoms with Crippen molar-refractivity contribution in [3.8, 4) is 5.75 Å². The second-order valence-electron chi connectivity index (χ2n) is 5.46. The van der Waals surface area contributed by atoms with Crippen LogP contribution in [0.3, 0.4) is 0 Å². The Morgan fingerprint density at radius 1 is 1.20 bits per heavy atom. The molecule has 0 saturated heterocycles. The Kier molecular flexibility index (Phi) is 5.56. The van der Waals surface area contributed by atoms with Crippen molar-refractivity contribution in [2.45, 2.75) is 27.3 Å². The predicted molar refractivity (Wildman–Crippen MR) is 87.1 cm³/mol. The Bertz CT molecular complexity index is 827. The number of Topliss-reactive ketones (excluding diaryl/α,β-unsaturated/α-hetero) is 1. The smallest absolute Gasteiger partial charge is 0.354 e. The van der Waals surface area contributed by atoms with Crippen LogP contribution in [-0.2, 0) is 11.3 Å². The number of hydrogen-bond donors (Lipinski definition) is 0. The normalized spacial score (nSPS) is 10.6. The first-order valence-corrected chi connectivity index (χ1v) is 7.70. The summed E-state index contributed by atoms with van der Waals surface area (Å²) >= 11 is 0. The van der Waals surface area contributed by atoms with Crippen LogP contribution in [0.15, 0.2) is 18.2 Å². The van der Waals surface area contributed by atoms with E-state index in [1.807, 2.05) is 6.92 Å². The number of esters is 1. The standard InChI is InChI=1S/C18H19F2NO4/c1-5-21-11(3)16(10(2)17(21)18(23)24-4)14(22)9-25-15-7-6-12(19)8-13(15)20/h6-8H,5,9H2,1-4H3. The van der Waals surface area contributed by atoms with Crippen molar-refractivity contribution in [1.82, 2.24) is 4.57 Å². The lowest BCUT2D eigenvalue weighted by molar-refractivity contribution is 0.0587. The van der Waals surface area contributed by atoms with E-state index in [9.17, 15) is 18.4 Å². The molecule has 2 rings (SSSR count). The van der Waals surface area contributed by atoms with Crippen LogP contribution in [0.4, 0.5) is 8.78 Å². The molecule has 0 N–H and O–H groups in total. The van der Waals surface area contributed by atoms with Gasteiger partial charge in [0.2, 0.25) is 5.78 Å². The molecule has 0 aliphatic carbocycles. The molecule has 2 aromatic rings. The van der Waals surface area contributed by atoms with Gasteiger partial charge in [-0.05, 0) is 38.5 Å². The zero-order chi connectivity index (χ0) is 18.7. The molecule has 1 aromatic carbocycles. The maximum Gasteiger partial charge on any atom is 0.354 e. The van der Waals surface area contributed by atoms with Gasteiger partial charge < -0.3 is 14.0 Å². The number of ketones is 1. The van der Waals surface area contributed by atoms with E-state index < -0.39 is 30.0 Å². The third-order valence-corrected chi connectivity index (χ3v) is 3.99. The second-order valence-corrected chi connectivity index (χ2v) is 5.46. The Labute approximate surface area is 144 Å². The molecule has 134 valence electrons. The summed E-state index contributed by atoms with van der Waals surface area (Å²) in [5.74, 6) is -2.77. The van der Waals surface area contributed by atoms with Crippen LogP contribution >= 0.6 is 0 Å². The molecule has 1 heterocycles. The minimum Gasteiger partial charge on any atom is -0.482 e. The highest BCUT2D eigenvalue weighted by Gasteiger charge is 2.26. The Hall–Kier alpha value is -2.70. The van der Waals surface area contributed by atoms with Gasteiger partial charge in [-0.3, -0.25) is 4.79 Å². The number of nitrogens with zero attached hydrogens (tertiary/aromatic N) is 1. The van der Waals surface area contributed by atoms with Gasteiger partial charge in [0.1, 0.15) is 11.5 Å². The van der Waals surface area contributed by atoms with E-state index in [0.29, 0.717) is 35.1 Å². The summed E-state index contributed by atoms with van der Waals surface area (Å²) in [4.78, 5) is 24.5. The molecule has 0 aliphatic heterocycles. The van der Waals surface area contributed by atoms with Gasteiger partial charge in [0.05, 0.1) is 7.11 Å². The largest absolute Gasteiger partial charge is 0.482 e. The first-order valence-electron chi connectivity index (χ1n) is 7.70. The van der Waals surface area contributed by atoms with Crippen LogP contribution in [0.5, 0.6) is 5.75 Å². The monoisotopic (exact) mass is 351 g/mol. The number of ether oxygens (including phenoxy) is 2. The number of aromatic nitrogens is 1.